The number of halogens is 3. The Kier molecular flexibility index (Phi) is 9.35. The predicted octanol–water partition coefficient (Wildman–Crippen LogP) is -4.17. The first-order valence-electron chi connectivity index (χ1n) is 2.02. The first-order chi connectivity index (χ1) is 4.66. The van der Waals surface area contributed by atoms with E-state index in [9.17, 15) is 13.2 Å². The van der Waals surface area contributed by atoms with Crippen LogP contribution >= 0.6 is 0 Å². The van der Waals surface area contributed by atoms with E-state index >= 15 is 0 Å². The van der Waals surface area contributed by atoms with Crippen LogP contribution in [0, 0.1) is 6.07 Å². The van der Waals surface area contributed by atoms with Crippen LogP contribution in [0.4, 0.5) is 13.2 Å². The molecule has 0 atom stereocenters. The molecule has 1 N–H and O–H groups in total. The maximum atomic E-state index is 10.7. The van der Waals surface area contributed by atoms with E-state index in [0.29, 0.717) is 0 Å². The molecule has 4 nitrogen and oxygen atoms in total. The van der Waals surface area contributed by atoms with Gasteiger partial charge in [-0.15, -0.1) is 5.26 Å². The van der Waals surface area contributed by atoms with Crippen molar-refractivity contribution in [1.82, 2.24) is 0 Å². The zero-order valence-corrected chi connectivity index (χ0v) is 7.08. The van der Waals surface area contributed by atoms with Crippen LogP contribution in [0.5, 0.6) is 0 Å². The van der Waals surface area contributed by atoms with E-state index in [-0.39, 0.29) is 18.9 Å². The SMILES string of the molecule is CC#[NH+].O=S(=O)([O-])C(F)(F)F.[Li+]. The van der Waals surface area contributed by atoms with Gasteiger partial charge >= 0.3 is 24.4 Å². The Morgan fingerprint density at radius 1 is 1.42 bits per heavy atom. The van der Waals surface area contributed by atoms with E-state index in [2.05, 4.69) is 0 Å². The molecule has 0 saturated carbocycles. The number of nitrogens with one attached hydrogen (secondary N) is 1. The number of hydrogen-bond donors (Lipinski definition) is 1. The van der Waals surface area contributed by atoms with Crippen LogP contribution in [0.15, 0.2) is 0 Å². The zero-order chi connectivity index (χ0) is 9.71. The summed E-state index contributed by atoms with van der Waals surface area (Å²) in [5.74, 6) is 0. The minimum Gasteiger partial charge on any atom is -0.741 e. The molecule has 0 saturated heterocycles. The van der Waals surface area contributed by atoms with Crippen molar-refractivity contribution in [2.24, 2.45) is 0 Å². The molecule has 0 heterocycles. The average Bonchev–Trinajstić information content (AvgIpc) is 1.60. The summed E-state index contributed by atoms with van der Waals surface area (Å²) in [6.45, 7) is 1.54. The second-order valence-corrected chi connectivity index (χ2v) is 2.52. The molecule has 0 aliphatic heterocycles. The first-order valence-corrected chi connectivity index (χ1v) is 3.43. The molecule has 12 heavy (non-hydrogen) atoms. The second kappa shape index (κ2) is 6.32. The van der Waals surface area contributed by atoms with Gasteiger partial charge in [0.2, 0.25) is 0 Å². The second-order valence-electron chi connectivity index (χ2n) is 1.15. The predicted molar refractivity (Wildman–Crippen MR) is 26.3 cm³/mol. The van der Waals surface area contributed by atoms with Gasteiger partial charge in [-0.2, -0.15) is 13.2 Å². The molecule has 0 fully saturated rings. The van der Waals surface area contributed by atoms with E-state index in [1.807, 2.05) is 6.07 Å². The third-order valence-electron chi connectivity index (χ3n) is 0.283. The summed E-state index contributed by atoms with van der Waals surface area (Å²) in [6.07, 6.45) is 0. The van der Waals surface area contributed by atoms with E-state index in [0.717, 1.165) is 0 Å². The molecule has 0 rings (SSSR count). The third-order valence-corrected chi connectivity index (χ3v) is 0.850. The van der Waals surface area contributed by atoms with Crippen molar-refractivity contribution in [3.8, 4) is 6.07 Å². The Labute approximate surface area is 79.3 Å². The Bertz CT molecular complexity index is 240. The summed E-state index contributed by atoms with van der Waals surface area (Å²) in [5, 5.41) is 5.96. The zero-order valence-electron chi connectivity index (χ0n) is 6.27. The van der Waals surface area contributed by atoms with Crippen molar-refractivity contribution in [1.29, 1.82) is 0 Å². The summed E-state index contributed by atoms with van der Waals surface area (Å²) < 4.78 is 58.9. The van der Waals surface area contributed by atoms with E-state index < -0.39 is 15.6 Å². The molecule has 0 bridgehead atoms. The fourth-order valence-electron chi connectivity index (χ4n) is 0. The fraction of sp³-hybridized carbons (Fsp3) is 0.667. The Morgan fingerprint density at radius 3 is 1.50 bits per heavy atom. The summed E-state index contributed by atoms with van der Waals surface area (Å²) in [5.41, 5.74) is -5.65. The largest absolute Gasteiger partial charge is 1.00 e. The summed E-state index contributed by atoms with van der Waals surface area (Å²) in [4.78, 5) is 0. The number of rotatable bonds is 0. The molecular weight excluding hydrogens is 194 g/mol. The van der Waals surface area contributed by atoms with Gasteiger partial charge in [0.25, 0.3) is 6.07 Å². The van der Waals surface area contributed by atoms with Crippen molar-refractivity contribution in [3.05, 3.63) is 0 Å². The molecule has 66 valence electrons. The average molecular weight is 198 g/mol. The maximum Gasteiger partial charge on any atom is 1.00 e. The van der Waals surface area contributed by atoms with Gasteiger partial charge in [-0.25, -0.2) is 8.42 Å². The topological polar surface area (TPSA) is 81.0 Å². The molecule has 0 aliphatic rings. The van der Waals surface area contributed by atoms with E-state index in [1.165, 1.54) is 0 Å². The summed E-state index contributed by atoms with van der Waals surface area (Å²) in [6, 6.07) is 2.00. The number of alkyl halides is 3. The monoisotopic (exact) mass is 198 g/mol. The van der Waals surface area contributed by atoms with Gasteiger partial charge in [-0.1, -0.05) is 0 Å². The maximum absolute atomic E-state index is 10.7. The molecule has 0 spiro atoms. The van der Waals surface area contributed by atoms with Crippen molar-refractivity contribution in [3.63, 3.8) is 0 Å². The van der Waals surface area contributed by atoms with E-state index in [1.54, 1.807) is 6.92 Å². The van der Waals surface area contributed by atoms with Gasteiger partial charge < -0.3 is 4.55 Å². The Hall–Kier alpha value is -0.213. The van der Waals surface area contributed by atoms with Crippen LogP contribution in [-0.4, -0.2) is 18.5 Å². The van der Waals surface area contributed by atoms with Crippen LogP contribution in [0.1, 0.15) is 6.92 Å². The fourth-order valence-corrected chi connectivity index (χ4v) is 0. The molecule has 0 aromatic rings. The Balaban J connectivity index is -0.000000177. The molecule has 0 aromatic heterocycles. The molecular formula is C3H4F3LiNO3S+. The molecule has 0 amide bonds. The molecule has 0 aromatic carbocycles. The van der Waals surface area contributed by atoms with E-state index in [4.69, 9.17) is 18.2 Å². The molecule has 9 heteroatoms. The van der Waals surface area contributed by atoms with Crippen LogP contribution in [0.25, 0.3) is 0 Å². The van der Waals surface area contributed by atoms with Gasteiger partial charge in [-0.3, -0.25) is 0 Å². The summed E-state index contributed by atoms with van der Waals surface area (Å²) >= 11 is 0. The quantitative estimate of drug-likeness (QED) is 0.243. The number of hydrogen-bond acceptors (Lipinski definition) is 3. The molecule has 0 aliphatic carbocycles. The van der Waals surface area contributed by atoms with Crippen molar-refractivity contribution >= 4 is 10.1 Å². The van der Waals surface area contributed by atoms with Crippen LogP contribution < -0.4 is 24.1 Å². The normalized spacial score (nSPS) is 10.0. The molecule has 0 unspecified atom stereocenters. The van der Waals surface area contributed by atoms with Crippen molar-refractivity contribution < 1.29 is 50.3 Å². The van der Waals surface area contributed by atoms with Gasteiger partial charge in [0, 0.05) is 0 Å². The van der Waals surface area contributed by atoms with Gasteiger partial charge in [0.15, 0.2) is 10.1 Å². The minimum absolute atomic E-state index is 0. The van der Waals surface area contributed by atoms with Gasteiger partial charge in [0.1, 0.15) is 0 Å². The van der Waals surface area contributed by atoms with Crippen LogP contribution in [0.2, 0.25) is 0 Å². The van der Waals surface area contributed by atoms with Crippen LogP contribution in [-0.2, 0) is 10.1 Å². The van der Waals surface area contributed by atoms with Crippen LogP contribution in [0.3, 0.4) is 0 Å². The summed E-state index contributed by atoms with van der Waals surface area (Å²) in [7, 11) is -6.09. The standard InChI is InChI=1S/C2H3N.CHF3O3S.Li/c1-2-3;2-1(3,4)8(5,6)7;/h1H3;(H,5,6,7);/q;;+1. The first kappa shape index (κ1) is 17.8. The van der Waals surface area contributed by atoms with Crippen molar-refractivity contribution in [2.45, 2.75) is 12.4 Å². The Morgan fingerprint density at radius 2 is 1.50 bits per heavy atom. The third kappa shape index (κ3) is 9.79. The minimum atomic E-state index is -6.09. The van der Waals surface area contributed by atoms with Crippen molar-refractivity contribution in [2.75, 3.05) is 0 Å². The smallest absolute Gasteiger partial charge is 0.741 e. The van der Waals surface area contributed by atoms with Gasteiger partial charge in [-0.05, 0) is 0 Å². The molecule has 0 radical (unpaired) electrons. The van der Waals surface area contributed by atoms with Gasteiger partial charge in [0.05, 0.1) is 6.92 Å².